The van der Waals surface area contributed by atoms with E-state index in [2.05, 4.69) is 38.2 Å². The minimum atomic E-state index is -0.805. The number of ether oxygens (including phenoxy) is 1. The fraction of sp³-hybridized carbons (Fsp3) is 0.885. The number of unbranched alkanes of at least 4 members (excludes halogenated alkanes) is 32. The lowest BCUT2D eigenvalue weighted by molar-refractivity contribution is -0.148. The van der Waals surface area contributed by atoms with Gasteiger partial charge in [0.2, 0.25) is 5.91 Å². The molecular weight excluding hydrogens is 719 g/mol. The maximum atomic E-state index is 13.1. The van der Waals surface area contributed by atoms with Gasteiger partial charge in [0.25, 0.3) is 0 Å². The summed E-state index contributed by atoms with van der Waals surface area (Å²) >= 11 is 0. The number of carbonyl (C=O) groups excluding carboxylic acids is 2. The number of allylic oxidation sites excluding steroid dienone is 3. The zero-order valence-electron chi connectivity index (χ0n) is 38.9. The zero-order valence-corrected chi connectivity index (χ0v) is 38.9. The van der Waals surface area contributed by atoms with Crippen LogP contribution in [0.4, 0.5) is 0 Å². The van der Waals surface area contributed by atoms with Gasteiger partial charge < -0.3 is 20.3 Å². The first-order valence-corrected chi connectivity index (χ1v) is 25.6. The lowest BCUT2D eigenvalue weighted by Crippen LogP contribution is -2.46. The van der Waals surface area contributed by atoms with Crippen LogP contribution in [-0.2, 0) is 14.3 Å². The highest BCUT2D eigenvalue weighted by Crippen LogP contribution is 2.17. The summed E-state index contributed by atoms with van der Waals surface area (Å²) in [6.45, 7) is 6.46. The average molecular weight is 818 g/mol. The van der Waals surface area contributed by atoms with Gasteiger partial charge in [-0.1, -0.05) is 244 Å². The fourth-order valence-corrected chi connectivity index (χ4v) is 7.87. The van der Waals surface area contributed by atoms with Crippen LogP contribution in [0, 0.1) is 0 Å². The van der Waals surface area contributed by atoms with Gasteiger partial charge in [0.15, 0.2) is 0 Å². The number of nitrogens with one attached hydrogen (secondary N) is 1. The third-order valence-corrected chi connectivity index (χ3v) is 11.8. The van der Waals surface area contributed by atoms with Crippen LogP contribution in [0.3, 0.4) is 0 Å². The van der Waals surface area contributed by atoms with Crippen molar-refractivity contribution in [3.05, 3.63) is 24.3 Å². The molecule has 1 amide bonds. The van der Waals surface area contributed by atoms with E-state index in [4.69, 9.17) is 4.74 Å². The molecule has 0 bridgehead atoms. The minimum Gasteiger partial charge on any atom is -0.458 e. The first-order chi connectivity index (χ1) is 28.5. The Balaban J connectivity index is 4.57. The molecule has 58 heavy (non-hydrogen) atoms. The van der Waals surface area contributed by atoms with Crippen LogP contribution in [0.5, 0.6) is 0 Å². The first kappa shape index (κ1) is 56.3. The second-order valence-electron chi connectivity index (χ2n) is 17.6. The molecule has 6 heteroatoms. The Labute approximate surface area is 361 Å². The largest absolute Gasteiger partial charge is 0.458 e. The Morgan fingerprint density at radius 1 is 0.517 bits per heavy atom. The van der Waals surface area contributed by atoms with Gasteiger partial charge >= 0.3 is 5.97 Å². The van der Waals surface area contributed by atoms with E-state index in [1.54, 1.807) is 0 Å². The number of rotatable bonds is 46. The Morgan fingerprint density at radius 3 is 1.34 bits per heavy atom. The molecule has 0 rings (SSSR count). The molecular formula is C52H99NO5. The van der Waals surface area contributed by atoms with Crippen LogP contribution in [0.1, 0.15) is 271 Å². The van der Waals surface area contributed by atoms with Crippen LogP contribution in [0.25, 0.3) is 0 Å². The quantitative estimate of drug-likeness (QED) is 0.0323. The summed E-state index contributed by atoms with van der Waals surface area (Å²) in [6, 6.07) is -0.726. The lowest BCUT2D eigenvalue weighted by atomic mass is 10.0. The molecule has 3 atom stereocenters. The summed E-state index contributed by atoms with van der Waals surface area (Å²) in [7, 11) is 0. The molecule has 0 saturated heterocycles. The van der Waals surface area contributed by atoms with Gasteiger partial charge in [-0.25, -0.2) is 0 Å². The highest BCUT2D eigenvalue weighted by atomic mass is 16.5. The van der Waals surface area contributed by atoms with Gasteiger partial charge in [0.05, 0.1) is 25.2 Å². The second kappa shape index (κ2) is 46.4. The van der Waals surface area contributed by atoms with E-state index in [0.29, 0.717) is 12.8 Å². The molecule has 0 aliphatic heterocycles. The van der Waals surface area contributed by atoms with E-state index in [-0.39, 0.29) is 24.9 Å². The third-order valence-electron chi connectivity index (χ3n) is 11.8. The molecule has 0 spiro atoms. The Bertz CT molecular complexity index is 919. The molecule has 0 aromatic rings. The molecule has 3 unspecified atom stereocenters. The van der Waals surface area contributed by atoms with Gasteiger partial charge in [-0.05, 0) is 38.2 Å². The van der Waals surface area contributed by atoms with Crippen molar-refractivity contribution < 1.29 is 24.5 Å². The van der Waals surface area contributed by atoms with Gasteiger partial charge in [0.1, 0.15) is 6.10 Å². The molecule has 0 aliphatic carbocycles. The van der Waals surface area contributed by atoms with Crippen molar-refractivity contribution in [2.45, 2.75) is 289 Å². The molecule has 6 nitrogen and oxygen atoms in total. The number of hydrogen-bond donors (Lipinski definition) is 3. The second-order valence-corrected chi connectivity index (χ2v) is 17.6. The maximum Gasteiger partial charge on any atom is 0.306 e. The van der Waals surface area contributed by atoms with Crippen molar-refractivity contribution in [3.8, 4) is 0 Å². The zero-order chi connectivity index (χ0) is 42.4. The summed E-state index contributed by atoms with van der Waals surface area (Å²) in [5, 5.41) is 23.7. The average Bonchev–Trinajstić information content (AvgIpc) is 3.22. The normalized spacial score (nSPS) is 13.4. The molecule has 0 heterocycles. The van der Waals surface area contributed by atoms with Crippen LogP contribution < -0.4 is 5.32 Å². The Kier molecular flexibility index (Phi) is 45.1. The maximum absolute atomic E-state index is 13.1. The van der Waals surface area contributed by atoms with E-state index in [1.165, 1.54) is 180 Å². The molecule has 0 radical (unpaired) electrons. The highest BCUT2D eigenvalue weighted by Gasteiger charge is 2.23. The van der Waals surface area contributed by atoms with Crippen LogP contribution >= 0.6 is 0 Å². The monoisotopic (exact) mass is 818 g/mol. The minimum absolute atomic E-state index is 0.0233. The summed E-state index contributed by atoms with van der Waals surface area (Å²) in [5.41, 5.74) is 0. The van der Waals surface area contributed by atoms with Gasteiger partial charge in [-0.2, -0.15) is 0 Å². The summed E-state index contributed by atoms with van der Waals surface area (Å²) in [4.78, 5) is 26.0. The van der Waals surface area contributed by atoms with E-state index in [9.17, 15) is 19.8 Å². The molecule has 3 N–H and O–H groups in total. The van der Waals surface area contributed by atoms with E-state index >= 15 is 0 Å². The predicted molar refractivity (Wildman–Crippen MR) is 250 cm³/mol. The van der Waals surface area contributed by atoms with Crippen molar-refractivity contribution in [2.24, 2.45) is 0 Å². The van der Waals surface area contributed by atoms with Crippen LogP contribution in [0.2, 0.25) is 0 Å². The summed E-state index contributed by atoms with van der Waals surface area (Å²) in [6.07, 6.45) is 52.7. The smallest absolute Gasteiger partial charge is 0.306 e. The van der Waals surface area contributed by atoms with Gasteiger partial charge in [-0.3, -0.25) is 9.59 Å². The first-order valence-electron chi connectivity index (χ1n) is 25.6. The number of carbonyl (C=O) groups is 2. The van der Waals surface area contributed by atoms with Crippen molar-refractivity contribution in [1.82, 2.24) is 5.32 Å². The fourth-order valence-electron chi connectivity index (χ4n) is 7.87. The van der Waals surface area contributed by atoms with Crippen LogP contribution in [0.15, 0.2) is 24.3 Å². The van der Waals surface area contributed by atoms with Crippen molar-refractivity contribution >= 4 is 11.9 Å². The number of esters is 1. The molecule has 342 valence electrons. The number of aliphatic hydroxyl groups is 2. The van der Waals surface area contributed by atoms with Crippen LogP contribution in [-0.4, -0.2) is 46.9 Å². The van der Waals surface area contributed by atoms with Gasteiger partial charge in [0, 0.05) is 6.42 Å². The number of aliphatic hydroxyl groups excluding tert-OH is 2. The molecule has 0 aromatic carbocycles. The number of hydrogen-bond acceptors (Lipinski definition) is 5. The summed E-state index contributed by atoms with van der Waals surface area (Å²) < 4.78 is 5.83. The number of amides is 1. The molecule has 0 fully saturated rings. The van der Waals surface area contributed by atoms with Crippen molar-refractivity contribution in [1.29, 1.82) is 0 Å². The summed E-state index contributed by atoms with van der Waals surface area (Å²) in [5.74, 6) is -0.589. The Hall–Kier alpha value is -1.66. The molecule has 0 aliphatic rings. The standard InChI is InChI=1S/C52H99NO5/c1-4-7-10-13-16-19-22-24-25-27-30-33-36-39-42-45-52(57)58-48(43-40-37-34-31-28-21-18-15-12-9-6-3)46-51(56)53-49(47-54)50(55)44-41-38-35-32-29-26-23-20-17-14-11-8-5-2/h31,34,40,43,48-50,54-55H,4-30,32-33,35-39,41-42,44-47H2,1-3H3,(H,53,56)/b34-31-,43-40+. The SMILES string of the molecule is CCCCCCCC/C=C\C/C=C/C(CC(=O)NC(CO)C(O)CCCCCCCCCCCCCCC)OC(=O)CCCCCCCCCCCCCCCCC. The Morgan fingerprint density at radius 2 is 0.914 bits per heavy atom. The van der Waals surface area contributed by atoms with E-state index in [0.717, 1.165) is 51.4 Å². The topological polar surface area (TPSA) is 95.9 Å². The van der Waals surface area contributed by atoms with E-state index in [1.807, 2.05) is 12.2 Å². The van der Waals surface area contributed by atoms with Crippen molar-refractivity contribution in [2.75, 3.05) is 6.61 Å². The predicted octanol–water partition coefficient (Wildman–Crippen LogP) is 15.1. The van der Waals surface area contributed by atoms with Gasteiger partial charge in [-0.15, -0.1) is 0 Å². The van der Waals surface area contributed by atoms with E-state index < -0.39 is 18.2 Å². The molecule has 0 saturated carbocycles. The third kappa shape index (κ3) is 41.1. The highest BCUT2D eigenvalue weighted by molar-refractivity contribution is 5.78. The van der Waals surface area contributed by atoms with Crippen molar-refractivity contribution in [3.63, 3.8) is 0 Å². The molecule has 0 aromatic heterocycles. The lowest BCUT2D eigenvalue weighted by Gasteiger charge is -2.23.